The van der Waals surface area contributed by atoms with Gasteiger partial charge in [0.15, 0.2) is 0 Å². The maximum atomic E-state index is 12.6. The smallest absolute Gasteiger partial charge is 0.340 e. The zero-order valence-corrected chi connectivity index (χ0v) is 17.2. The normalized spacial score (nSPS) is 11.3. The Labute approximate surface area is 173 Å². The third-order valence-corrected chi connectivity index (χ3v) is 5.56. The third-order valence-electron chi connectivity index (χ3n) is 5.56. The van der Waals surface area contributed by atoms with E-state index in [1.165, 1.54) is 0 Å². The Bertz CT molecular complexity index is 1310. The average molecular weight is 405 g/mol. The molecule has 1 amide bonds. The van der Waals surface area contributed by atoms with E-state index in [2.05, 4.69) is 5.32 Å². The summed E-state index contributed by atoms with van der Waals surface area (Å²) in [4.78, 5) is 25.1. The number of aryl methyl sites for hydroxylation is 3. The van der Waals surface area contributed by atoms with Crippen LogP contribution in [0, 0.1) is 20.8 Å². The van der Waals surface area contributed by atoms with E-state index in [-0.39, 0.29) is 18.9 Å². The molecule has 30 heavy (non-hydrogen) atoms. The number of carbonyl (C=O) groups excluding carboxylic acids is 1. The van der Waals surface area contributed by atoms with Gasteiger partial charge in [-0.1, -0.05) is 12.1 Å². The molecule has 6 nitrogen and oxygen atoms in total. The fourth-order valence-electron chi connectivity index (χ4n) is 3.68. The van der Waals surface area contributed by atoms with Crippen LogP contribution in [0.1, 0.15) is 28.0 Å². The van der Waals surface area contributed by atoms with Crippen molar-refractivity contribution in [2.45, 2.75) is 33.6 Å². The summed E-state index contributed by atoms with van der Waals surface area (Å²) in [5, 5.41) is 13.6. The van der Waals surface area contributed by atoms with Crippen molar-refractivity contribution in [2.24, 2.45) is 0 Å². The Kier molecular flexibility index (Phi) is 5.18. The first kappa shape index (κ1) is 19.9. The summed E-state index contributed by atoms with van der Waals surface area (Å²) in [5.41, 5.74) is 4.34. The maximum Gasteiger partial charge on any atom is 0.340 e. The third kappa shape index (κ3) is 3.62. The highest BCUT2D eigenvalue weighted by Crippen LogP contribution is 2.31. The highest BCUT2D eigenvalue weighted by atomic mass is 16.4. The van der Waals surface area contributed by atoms with Crippen LogP contribution in [0.5, 0.6) is 0 Å². The van der Waals surface area contributed by atoms with Gasteiger partial charge in [0.25, 0.3) is 0 Å². The molecule has 2 N–H and O–H groups in total. The van der Waals surface area contributed by atoms with Gasteiger partial charge in [-0.25, -0.2) is 4.79 Å². The van der Waals surface area contributed by atoms with E-state index in [1.54, 1.807) is 18.2 Å². The van der Waals surface area contributed by atoms with Crippen molar-refractivity contribution in [3.8, 4) is 0 Å². The van der Waals surface area contributed by atoms with Crippen molar-refractivity contribution >= 4 is 33.5 Å². The monoisotopic (exact) mass is 405 g/mol. The number of nitrogens with one attached hydrogen (secondary N) is 1. The summed E-state index contributed by atoms with van der Waals surface area (Å²) in [7, 11) is 0. The molecule has 0 bridgehead atoms. The van der Waals surface area contributed by atoms with Crippen molar-refractivity contribution in [1.29, 1.82) is 0 Å². The summed E-state index contributed by atoms with van der Waals surface area (Å²) < 4.78 is 11.2. The van der Waals surface area contributed by atoms with Crippen LogP contribution < -0.4 is 10.9 Å². The first-order chi connectivity index (χ1) is 14.4. The van der Waals surface area contributed by atoms with E-state index >= 15 is 0 Å². The number of amides is 1. The summed E-state index contributed by atoms with van der Waals surface area (Å²) in [6, 6.07) is 10.9. The second kappa shape index (κ2) is 7.80. The Morgan fingerprint density at radius 3 is 2.33 bits per heavy atom. The molecule has 0 unspecified atom stereocenters. The molecule has 4 aromatic rings. The van der Waals surface area contributed by atoms with Crippen LogP contribution in [0.3, 0.4) is 0 Å². The fourth-order valence-corrected chi connectivity index (χ4v) is 3.68. The summed E-state index contributed by atoms with van der Waals surface area (Å²) in [6.45, 7) is 5.80. The van der Waals surface area contributed by atoms with Crippen LogP contribution in [-0.2, 0) is 17.6 Å². The van der Waals surface area contributed by atoms with Crippen LogP contribution >= 0.6 is 0 Å². The molecule has 6 heteroatoms. The summed E-state index contributed by atoms with van der Waals surface area (Å²) >= 11 is 0. The van der Waals surface area contributed by atoms with Crippen LogP contribution in [0.25, 0.3) is 21.9 Å². The molecule has 0 fully saturated rings. The lowest BCUT2D eigenvalue weighted by Gasteiger charge is -2.09. The Hall–Kier alpha value is -3.38. The number of hydrogen-bond acceptors (Lipinski definition) is 5. The topological polar surface area (TPSA) is 92.7 Å². The second-order valence-electron chi connectivity index (χ2n) is 7.52. The predicted octanol–water partition coefficient (Wildman–Crippen LogP) is 4.18. The first-order valence-corrected chi connectivity index (χ1v) is 9.83. The number of rotatable bonds is 5. The molecular formula is C24H23NO5. The summed E-state index contributed by atoms with van der Waals surface area (Å²) in [6.07, 6.45) is 0.485. The van der Waals surface area contributed by atoms with E-state index < -0.39 is 5.63 Å². The number of aliphatic hydroxyl groups is 1. The molecule has 4 rings (SSSR count). The van der Waals surface area contributed by atoms with Gasteiger partial charge in [-0.05, 0) is 62.1 Å². The molecule has 154 valence electrons. The maximum absolute atomic E-state index is 12.6. The number of anilines is 1. The molecule has 0 aliphatic carbocycles. The minimum Gasteiger partial charge on any atom is -0.461 e. The minimum absolute atomic E-state index is 0.0763. The van der Waals surface area contributed by atoms with Crippen molar-refractivity contribution in [2.75, 3.05) is 11.9 Å². The Morgan fingerprint density at radius 2 is 1.63 bits per heavy atom. The standard InChI is InChI=1S/C24H23NO5/c1-13-15(3)29-21-12-22-19(10-18(13)21)14(2)20(24(28)30-22)11-23(27)25-17-6-4-16(5-7-17)8-9-26/h4-7,10,12,26H,8-9,11H2,1-3H3,(H,25,27). The Morgan fingerprint density at radius 1 is 0.967 bits per heavy atom. The zero-order valence-electron chi connectivity index (χ0n) is 17.2. The predicted molar refractivity (Wildman–Crippen MR) is 116 cm³/mol. The van der Waals surface area contributed by atoms with Crippen molar-refractivity contribution < 1.29 is 18.7 Å². The minimum atomic E-state index is -0.521. The fraction of sp³-hybridized carbons (Fsp3) is 0.250. The molecule has 2 aromatic heterocycles. The van der Waals surface area contributed by atoms with Crippen LogP contribution in [0.4, 0.5) is 5.69 Å². The van der Waals surface area contributed by atoms with E-state index in [0.717, 1.165) is 33.2 Å². The number of fused-ring (bicyclic) bond motifs is 2. The van der Waals surface area contributed by atoms with Gasteiger partial charge in [0.2, 0.25) is 5.91 Å². The lowest BCUT2D eigenvalue weighted by molar-refractivity contribution is -0.115. The van der Waals surface area contributed by atoms with E-state index in [9.17, 15) is 9.59 Å². The van der Waals surface area contributed by atoms with E-state index in [4.69, 9.17) is 13.9 Å². The van der Waals surface area contributed by atoms with Crippen LogP contribution in [0.2, 0.25) is 0 Å². The lowest BCUT2D eigenvalue weighted by atomic mass is 10.0. The molecule has 0 spiro atoms. The van der Waals surface area contributed by atoms with E-state index in [1.807, 2.05) is 39.0 Å². The molecule has 2 heterocycles. The molecule has 0 aliphatic rings. The number of carbonyl (C=O) groups is 1. The van der Waals surface area contributed by atoms with Gasteiger partial charge in [-0.3, -0.25) is 4.79 Å². The second-order valence-corrected chi connectivity index (χ2v) is 7.52. The van der Waals surface area contributed by atoms with Crippen LogP contribution in [-0.4, -0.2) is 17.6 Å². The van der Waals surface area contributed by atoms with Gasteiger partial charge in [0, 0.05) is 29.1 Å². The zero-order chi connectivity index (χ0) is 21.4. The molecular weight excluding hydrogens is 382 g/mol. The van der Waals surface area contributed by atoms with Gasteiger partial charge >= 0.3 is 5.63 Å². The largest absolute Gasteiger partial charge is 0.461 e. The van der Waals surface area contributed by atoms with Gasteiger partial charge in [0.1, 0.15) is 16.9 Å². The van der Waals surface area contributed by atoms with Gasteiger partial charge < -0.3 is 19.3 Å². The van der Waals surface area contributed by atoms with E-state index in [0.29, 0.717) is 28.8 Å². The SMILES string of the molecule is Cc1oc2cc3oc(=O)c(CC(=O)Nc4ccc(CCO)cc4)c(C)c3cc2c1C. The van der Waals surface area contributed by atoms with Crippen molar-refractivity contribution in [1.82, 2.24) is 0 Å². The Balaban J connectivity index is 1.64. The molecule has 0 saturated carbocycles. The van der Waals surface area contributed by atoms with Gasteiger partial charge in [-0.2, -0.15) is 0 Å². The lowest BCUT2D eigenvalue weighted by Crippen LogP contribution is -2.20. The van der Waals surface area contributed by atoms with Gasteiger partial charge in [-0.15, -0.1) is 0 Å². The van der Waals surface area contributed by atoms with Crippen molar-refractivity contribution in [3.05, 3.63) is 74.8 Å². The number of benzene rings is 2. The quantitative estimate of drug-likeness (QED) is 0.486. The highest BCUT2D eigenvalue weighted by molar-refractivity contribution is 5.98. The average Bonchev–Trinajstić information content (AvgIpc) is 2.99. The van der Waals surface area contributed by atoms with Gasteiger partial charge in [0.05, 0.1) is 12.0 Å². The highest BCUT2D eigenvalue weighted by Gasteiger charge is 2.17. The molecule has 0 aliphatic heterocycles. The molecule has 0 saturated heterocycles. The molecule has 0 radical (unpaired) electrons. The van der Waals surface area contributed by atoms with Crippen LogP contribution in [0.15, 0.2) is 50.0 Å². The number of aliphatic hydroxyl groups excluding tert-OH is 1. The molecule has 0 atom stereocenters. The van der Waals surface area contributed by atoms with Crippen molar-refractivity contribution in [3.63, 3.8) is 0 Å². The molecule has 2 aromatic carbocycles. The number of hydrogen-bond donors (Lipinski definition) is 2. The first-order valence-electron chi connectivity index (χ1n) is 9.83. The number of furan rings is 1. The summed E-state index contributed by atoms with van der Waals surface area (Å²) in [5.74, 6) is 0.529.